The molecule has 3 saturated heterocycles. The molecule has 5 nitrogen and oxygen atoms in total. The molecule has 2 bridgehead atoms. The highest BCUT2D eigenvalue weighted by atomic mass is 16.5. The largest absolute Gasteiger partial charge is 0.374 e. The highest BCUT2D eigenvalue weighted by molar-refractivity contribution is 5.76. The van der Waals surface area contributed by atoms with Crippen LogP contribution in [0.3, 0.4) is 0 Å². The van der Waals surface area contributed by atoms with Crippen LogP contribution in [0, 0.1) is 0 Å². The second kappa shape index (κ2) is 6.74. The molecule has 1 aromatic carbocycles. The molecule has 28 heavy (non-hydrogen) atoms. The van der Waals surface area contributed by atoms with E-state index in [9.17, 15) is 4.79 Å². The van der Waals surface area contributed by atoms with E-state index in [4.69, 9.17) is 4.74 Å². The standard InChI is InChI=1S/C23H33N3O2/c1-23(2,3)16-9-15-6-8-25(22(27)26-12-18-11-17(26)14-28-18)13-20(15)19(10-16)21-5-4-7-24-21/h9-10,17-18,21,24H,4-8,11-14H2,1-3H3/t17?,18?,21-/m0/s1. The first-order valence-corrected chi connectivity index (χ1v) is 11.0. The number of nitrogens with zero attached hydrogens (tertiary/aromatic N) is 2. The second-order valence-electron chi connectivity index (χ2n) is 10.1. The summed E-state index contributed by atoms with van der Waals surface area (Å²) in [6.07, 6.45) is 4.67. The van der Waals surface area contributed by atoms with Crippen LogP contribution in [0.15, 0.2) is 12.1 Å². The summed E-state index contributed by atoms with van der Waals surface area (Å²) >= 11 is 0. The molecular weight excluding hydrogens is 350 g/mol. The van der Waals surface area contributed by atoms with Crippen LogP contribution in [0.1, 0.15) is 68.3 Å². The zero-order valence-electron chi connectivity index (χ0n) is 17.5. The van der Waals surface area contributed by atoms with Gasteiger partial charge in [-0.05, 0) is 59.9 Å². The first-order valence-electron chi connectivity index (χ1n) is 11.0. The number of benzene rings is 1. The van der Waals surface area contributed by atoms with E-state index in [0.717, 1.165) is 39.0 Å². The number of likely N-dealkylation sites (tertiary alicyclic amines) is 1. The molecule has 1 N–H and O–H groups in total. The Labute approximate surface area is 168 Å². The fourth-order valence-electron chi connectivity index (χ4n) is 5.37. The molecule has 5 rings (SSSR count). The minimum atomic E-state index is 0.143. The van der Waals surface area contributed by atoms with Crippen molar-refractivity contribution in [3.63, 3.8) is 0 Å². The molecule has 4 aliphatic rings. The Kier molecular flexibility index (Phi) is 4.44. The number of ether oxygens (including phenoxy) is 1. The number of amides is 2. The zero-order valence-corrected chi connectivity index (χ0v) is 17.5. The van der Waals surface area contributed by atoms with Crippen molar-refractivity contribution in [1.82, 2.24) is 15.1 Å². The van der Waals surface area contributed by atoms with E-state index in [0.29, 0.717) is 12.6 Å². The van der Waals surface area contributed by atoms with Crippen molar-refractivity contribution in [3.05, 3.63) is 34.4 Å². The molecule has 0 radical (unpaired) electrons. The van der Waals surface area contributed by atoms with E-state index in [1.807, 2.05) is 0 Å². The van der Waals surface area contributed by atoms with E-state index in [2.05, 4.69) is 48.0 Å². The highest BCUT2D eigenvalue weighted by Crippen LogP contribution is 2.37. The summed E-state index contributed by atoms with van der Waals surface area (Å²) in [4.78, 5) is 17.4. The van der Waals surface area contributed by atoms with Crippen LogP contribution < -0.4 is 5.32 Å². The monoisotopic (exact) mass is 383 g/mol. The van der Waals surface area contributed by atoms with Gasteiger partial charge in [-0.1, -0.05) is 32.9 Å². The molecule has 1 aromatic rings. The lowest BCUT2D eigenvalue weighted by Gasteiger charge is -2.37. The Hall–Kier alpha value is -1.59. The first kappa shape index (κ1) is 18.4. The smallest absolute Gasteiger partial charge is 0.320 e. The van der Waals surface area contributed by atoms with E-state index in [1.165, 1.54) is 35.1 Å². The van der Waals surface area contributed by atoms with Crippen LogP contribution in [-0.4, -0.2) is 54.2 Å². The number of carbonyl (C=O) groups is 1. The molecular formula is C23H33N3O2. The van der Waals surface area contributed by atoms with Gasteiger partial charge in [-0.3, -0.25) is 0 Å². The fraction of sp³-hybridized carbons (Fsp3) is 0.696. The summed E-state index contributed by atoms with van der Waals surface area (Å²) in [5.74, 6) is 0. The van der Waals surface area contributed by atoms with Gasteiger partial charge in [0.25, 0.3) is 0 Å². The van der Waals surface area contributed by atoms with Gasteiger partial charge in [0.15, 0.2) is 0 Å². The number of hydrogen-bond donors (Lipinski definition) is 1. The third kappa shape index (κ3) is 3.13. The van der Waals surface area contributed by atoms with Gasteiger partial charge in [-0.25, -0.2) is 4.79 Å². The van der Waals surface area contributed by atoms with E-state index in [-0.39, 0.29) is 23.6 Å². The van der Waals surface area contributed by atoms with Crippen molar-refractivity contribution in [3.8, 4) is 0 Å². The van der Waals surface area contributed by atoms with Crippen LogP contribution in [0.5, 0.6) is 0 Å². The van der Waals surface area contributed by atoms with Crippen molar-refractivity contribution in [1.29, 1.82) is 0 Å². The molecule has 3 atom stereocenters. The Morgan fingerprint density at radius 2 is 2.14 bits per heavy atom. The predicted octanol–water partition coefficient (Wildman–Crippen LogP) is 3.36. The van der Waals surface area contributed by atoms with Gasteiger partial charge in [0.05, 0.1) is 18.8 Å². The molecule has 152 valence electrons. The van der Waals surface area contributed by atoms with Gasteiger partial charge in [-0.2, -0.15) is 0 Å². The van der Waals surface area contributed by atoms with Crippen molar-refractivity contribution < 1.29 is 9.53 Å². The molecule has 0 aliphatic carbocycles. The van der Waals surface area contributed by atoms with Crippen molar-refractivity contribution in [2.75, 3.05) is 26.2 Å². The first-order chi connectivity index (χ1) is 13.4. The zero-order chi connectivity index (χ0) is 19.5. The Balaban J connectivity index is 1.44. The normalized spacial score (nSPS) is 29.5. The van der Waals surface area contributed by atoms with Crippen molar-refractivity contribution in [2.24, 2.45) is 0 Å². The average Bonchev–Trinajstić information content (AvgIpc) is 3.43. The van der Waals surface area contributed by atoms with E-state index in [1.54, 1.807) is 0 Å². The van der Waals surface area contributed by atoms with E-state index >= 15 is 0 Å². The predicted molar refractivity (Wildman–Crippen MR) is 109 cm³/mol. The molecule has 4 heterocycles. The van der Waals surface area contributed by atoms with E-state index < -0.39 is 0 Å². The minimum Gasteiger partial charge on any atom is -0.374 e. The average molecular weight is 384 g/mol. The number of morpholine rings is 1. The molecule has 0 aromatic heterocycles. The number of urea groups is 1. The lowest BCUT2D eigenvalue weighted by molar-refractivity contribution is 0.0353. The minimum absolute atomic E-state index is 0.143. The van der Waals surface area contributed by atoms with Crippen LogP contribution in [0.2, 0.25) is 0 Å². The van der Waals surface area contributed by atoms with Crippen LogP contribution >= 0.6 is 0 Å². The third-order valence-corrected chi connectivity index (χ3v) is 7.10. The number of nitrogens with one attached hydrogen (secondary N) is 1. The molecule has 2 amide bonds. The topological polar surface area (TPSA) is 44.8 Å². The molecule has 3 fully saturated rings. The van der Waals surface area contributed by atoms with Crippen molar-refractivity contribution >= 4 is 6.03 Å². The van der Waals surface area contributed by atoms with Gasteiger partial charge in [0, 0.05) is 25.7 Å². The second-order valence-corrected chi connectivity index (χ2v) is 10.1. The van der Waals surface area contributed by atoms with Gasteiger partial charge >= 0.3 is 6.03 Å². The Morgan fingerprint density at radius 1 is 1.29 bits per heavy atom. The number of rotatable bonds is 1. The summed E-state index contributed by atoms with van der Waals surface area (Å²) in [7, 11) is 0. The molecule has 0 saturated carbocycles. The van der Waals surface area contributed by atoms with Gasteiger partial charge in [0.1, 0.15) is 0 Å². The number of fused-ring (bicyclic) bond motifs is 3. The van der Waals surface area contributed by atoms with Crippen LogP contribution in [0.25, 0.3) is 0 Å². The van der Waals surface area contributed by atoms with Gasteiger partial charge < -0.3 is 19.9 Å². The quantitative estimate of drug-likeness (QED) is 0.809. The molecule has 0 spiro atoms. The lowest BCUT2D eigenvalue weighted by Crippen LogP contribution is -2.50. The molecule has 4 aliphatic heterocycles. The van der Waals surface area contributed by atoms with Gasteiger partial charge in [-0.15, -0.1) is 0 Å². The summed E-state index contributed by atoms with van der Waals surface area (Å²) < 4.78 is 5.69. The maximum atomic E-state index is 13.2. The summed E-state index contributed by atoms with van der Waals surface area (Å²) in [5.41, 5.74) is 5.84. The maximum absolute atomic E-state index is 13.2. The lowest BCUT2D eigenvalue weighted by atomic mass is 9.80. The number of carbonyl (C=O) groups excluding carboxylic acids is 1. The van der Waals surface area contributed by atoms with Crippen LogP contribution in [0.4, 0.5) is 4.79 Å². The Morgan fingerprint density at radius 3 is 2.79 bits per heavy atom. The molecule has 5 heteroatoms. The summed E-state index contributed by atoms with van der Waals surface area (Å²) in [5, 5.41) is 3.69. The maximum Gasteiger partial charge on any atom is 0.320 e. The number of hydrogen-bond acceptors (Lipinski definition) is 3. The van der Waals surface area contributed by atoms with Gasteiger partial charge in [0.2, 0.25) is 0 Å². The summed E-state index contributed by atoms with van der Waals surface area (Å²) in [6, 6.07) is 5.76. The third-order valence-electron chi connectivity index (χ3n) is 7.10. The van der Waals surface area contributed by atoms with Crippen molar-refractivity contribution in [2.45, 2.75) is 76.6 Å². The van der Waals surface area contributed by atoms with Crippen LogP contribution in [-0.2, 0) is 23.1 Å². The fourth-order valence-corrected chi connectivity index (χ4v) is 5.37. The SMILES string of the molecule is CC(C)(C)c1cc2c(c([C@@H]3CCCN3)c1)CN(C(=O)N1CC3CC1CO3)CC2. The highest BCUT2D eigenvalue weighted by Gasteiger charge is 2.43. The summed E-state index contributed by atoms with van der Waals surface area (Å²) in [6.45, 7) is 11.0. The Bertz CT molecular complexity index is 779. The molecule has 2 unspecified atom stereocenters.